The summed E-state index contributed by atoms with van der Waals surface area (Å²) in [6.45, 7) is 10.9. The lowest BCUT2D eigenvalue weighted by molar-refractivity contribution is 0.0331. The van der Waals surface area contributed by atoms with Crippen LogP contribution < -0.4 is 5.32 Å². The molecule has 3 aromatic heterocycles. The van der Waals surface area contributed by atoms with E-state index < -0.39 is 0 Å². The van der Waals surface area contributed by atoms with Gasteiger partial charge in [-0.15, -0.1) is 11.3 Å². The fraction of sp³-hybridized carbons (Fsp3) is 0.500. The lowest BCUT2D eigenvalue weighted by Gasteiger charge is -2.25. The number of rotatable bonds is 5. The zero-order chi connectivity index (χ0) is 18.1. The zero-order valence-electron chi connectivity index (χ0n) is 15.3. The van der Waals surface area contributed by atoms with Crippen LogP contribution in [0.2, 0.25) is 0 Å². The van der Waals surface area contributed by atoms with Crippen LogP contribution in [0.3, 0.4) is 0 Å². The first-order valence-corrected chi connectivity index (χ1v) is 9.64. The number of aryl methyl sites for hydroxylation is 3. The molecule has 4 rings (SSSR count). The van der Waals surface area contributed by atoms with Gasteiger partial charge in [0.15, 0.2) is 5.76 Å². The molecule has 0 aliphatic carbocycles. The Morgan fingerprint density at radius 3 is 2.73 bits per heavy atom. The van der Waals surface area contributed by atoms with Gasteiger partial charge in [0, 0.05) is 24.0 Å². The predicted octanol–water partition coefficient (Wildman–Crippen LogP) is 3.05. The third-order valence-electron chi connectivity index (χ3n) is 4.65. The van der Waals surface area contributed by atoms with Gasteiger partial charge >= 0.3 is 0 Å². The van der Waals surface area contributed by atoms with Crippen LogP contribution in [-0.4, -0.2) is 46.3 Å². The number of ether oxygens (including phenoxy) is 1. The number of hydrogen-bond donors (Lipinski definition) is 1. The zero-order valence-corrected chi connectivity index (χ0v) is 16.2. The first-order chi connectivity index (χ1) is 12.6. The second kappa shape index (κ2) is 7.30. The van der Waals surface area contributed by atoms with Gasteiger partial charge in [-0.25, -0.2) is 9.97 Å². The normalized spacial score (nSPS) is 15.7. The maximum Gasteiger partial charge on any atom is 0.156 e. The van der Waals surface area contributed by atoms with Crippen LogP contribution in [0, 0.1) is 20.8 Å². The number of aromatic nitrogens is 3. The van der Waals surface area contributed by atoms with Crippen LogP contribution in [0.15, 0.2) is 10.6 Å². The summed E-state index contributed by atoms with van der Waals surface area (Å²) in [6.07, 6.45) is 0. The van der Waals surface area contributed by atoms with E-state index in [1.54, 1.807) is 11.3 Å². The van der Waals surface area contributed by atoms with Gasteiger partial charge in [0.2, 0.25) is 0 Å². The molecule has 3 aromatic rings. The van der Waals surface area contributed by atoms with Gasteiger partial charge in [-0.1, -0.05) is 5.16 Å². The molecule has 0 radical (unpaired) electrons. The Morgan fingerprint density at radius 1 is 1.19 bits per heavy atom. The fourth-order valence-corrected chi connectivity index (χ4v) is 4.17. The Kier molecular flexibility index (Phi) is 4.88. The van der Waals surface area contributed by atoms with Crippen LogP contribution in [-0.2, 0) is 17.8 Å². The molecule has 0 unspecified atom stereocenters. The number of morpholine rings is 1. The van der Waals surface area contributed by atoms with Crippen LogP contribution in [0.4, 0.5) is 5.82 Å². The molecule has 0 bridgehead atoms. The average Bonchev–Trinajstić information content (AvgIpc) is 3.17. The summed E-state index contributed by atoms with van der Waals surface area (Å²) in [5, 5.41) is 8.48. The summed E-state index contributed by atoms with van der Waals surface area (Å²) in [5.74, 6) is 2.51. The summed E-state index contributed by atoms with van der Waals surface area (Å²) < 4.78 is 10.7. The highest BCUT2D eigenvalue weighted by Crippen LogP contribution is 2.33. The maximum absolute atomic E-state index is 5.43. The van der Waals surface area contributed by atoms with Crippen molar-refractivity contribution in [3.63, 3.8) is 0 Å². The summed E-state index contributed by atoms with van der Waals surface area (Å²) in [7, 11) is 0. The van der Waals surface area contributed by atoms with Gasteiger partial charge in [-0.2, -0.15) is 0 Å². The lowest BCUT2D eigenvalue weighted by atomic mass is 10.2. The summed E-state index contributed by atoms with van der Waals surface area (Å²) in [5.41, 5.74) is 2.12. The molecule has 1 aliphatic rings. The Bertz CT molecular complexity index is 914. The Labute approximate surface area is 156 Å². The van der Waals surface area contributed by atoms with Crippen molar-refractivity contribution in [3.05, 3.63) is 33.8 Å². The first-order valence-electron chi connectivity index (χ1n) is 8.83. The summed E-state index contributed by atoms with van der Waals surface area (Å²) in [6, 6.07) is 1.94. The van der Waals surface area contributed by atoms with Crippen molar-refractivity contribution in [3.8, 4) is 0 Å². The molecule has 1 N–H and O–H groups in total. The average molecular weight is 373 g/mol. The standard InChI is InChI=1S/C18H23N5O2S/c1-11-8-14(25-22-11)9-19-17-16-12(2)13(3)26-18(16)21-15(20-17)10-23-4-6-24-7-5-23/h8H,4-7,9-10H2,1-3H3,(H,19,20,21). The van der Waals surface area contributed by atoms with Crippen LogP contribution in [0.5, 0.6) is 0 Å². The topological polar surface area (TPSA) is 76.3 Å². The van der Waals surface area contributed by atoms with E-state index in [0.29, 0.717) is 6.54 Å². The summed E-state index contributed by atoms with van der Waals surface area (Å²) in [4.78, 5) is 14.3. The van der Waals surface area contributed by atoms with Crippen molar-refractivity contribution in [2.45, 2.75) is 33.9 Å². The first kappa shape index (κ1) is 17.4. The molecule has 26 heavy (non-hydrogen) atoms. The van der Waals surface area contributed by atoms with Crippen molar-refractivity contribution in [1.29, 1.82) is 0 Å². The molecule has 4 heterocycles. The second-order valence-corrected chi connectivity index (χ2v) is 7.83. The van der Waals surface area contributed by atoms with E-state index >= 15 is 0 Å². The van der Waals surface area contributed by atoms with Gasteiger partial charge in [-0.05, 0) is 26.3 Å². The highest BCUT2D eigenvalue weighted by atomic mass is 32.1. The monoisotopic (exact) mass is 373 g/mol. The smallest absolute Gasteiger partial charge is 0.156 e. The minimum absolute atomic E-state index is 0.554. The molecule has 0 saturated carbocycles. The number of nitrogens with one attached hydrogen (secondary N) is 1. The fourth-order valence-electron chi connectivity index (χ4n) is 3.12. The van der Waals surface area contributed by atoms with E-state index in [4.69, 9.17) is 19.2 Å². The Balaban J connectivity index is 1.63. The third kappa shape index (κ3) is 3.58. The van der Waals surface area contributed by atoms with E-state index in [1.807, 2.05) is 13.0 Å². The highest BCUT2D eigenvalue weighted by molar-refractivity contribution is 7.18. The molecule has 7 nitrogen and oxygen atoms in total. The number of nitrogens with zero attached hydrogens (tertiary/aromatic N) is 4. The third-order valence-corrected chi connectivity index (χ3v) is 5.75. The Hall–Kier alpha value is -2.03. The van der Waals surface area contributed by atoms with E-state index in [2.05, 4.69) is 29.2 Å². The van der Waals surface area contributed by atoms with Crippen molar-refractivity contribution >= 4 is 27.4 Å². The predicted molar refractivity (Wildman–Crippen MR) is 102 cm³/mol. The molecule has 0 amide bonds. The van der Waals surface area contributed by atoms with E-state index in [9.17, 15) is 0 Å². The Morgan fingerprint density at radius 2 is 2.00 bits per heavy atom. The molecular formula is C18H23N5O2S. The molecule has 1 saturated heterocycles. The summed E-state index contributed by atoms with van der Waals surface area (Å²) >= 11 is 1.72. The van der Waals surface area contributed by atoms with Crippen molar-refractivity contribution in [2.75, 3.05) is 31.6 Å². The van der Waals surface area contributed by atoms with Gasteiger partial charge in [0.1, 0.15) is 16.5 Å². The largest absolute Gasteiger partial charge is 0.379 e. The van der Waals surface area contributed by atoms with Crippen LogP contribution in [0.1, 0.15) is 27.7 Å². The van der Waals surface area contributed by atoms with Crippen molar-refractivity contribution in [1.82, 2.24) is 20.0 Å². The molecule has 0 aromatic carbocycles. The number of anilines is 1. The number of fused-ring (bicyclic) bond motifs is 1. The molecule has 8 heteroatoms. The van der Waals surface area contributed by atoms with Gasteiger partial charge in [-0.3, -0.25) is 4.90 Å². The number of thiophene rings is 1. The van der Waals surface area contributed by atoms with Gasteiger partial charge in [0.25, 0.3) is 0 Å². The minimum Gasteiger partial charge on any atom is -0.379 e. The second-order valence-electron chi connectivity index (χ2n) is 6.63. The van der Waals surface area contributed by atoms with Crippen molar-refractivity contribution in [2.24, 2.45) is 0 Å². The number of hydrogen-bond acceptors (Lipinski definition) is 8. The maximum atomic E-state index is 5.43. The van der Waals surface area contributed by atoms with Crippen LogP contribution in [0.25, 0.3) is 10.2 Å². The molecule has 0 spiro atoms. The molecule has 1 fully saturated rings. The van der Waals surface area contributed by atoms with Crippen molar-refractivity contribution < 1.29 is 9.26 Å². The quantitative estimate of drug-likeness (QED) is 0.736. The van der Waals surface area contributed by atoms with E-state index in [-0.39, 0.29) is 0 Å². The molecule has 0 atom stereocenters. The lowest BCUT2D eigenvalue weighted by Crippen LogP contribution is -2.36. The molecule has 1 aliphatic heterocycles. The van der Waals surface area contributed by atoms with Crippen LogP contribution >= 0.6 is 11.3 Å². The van der Waals surface area contributed by atoms with Gasteiger partial charge in [0.05, 0.1) is 37.4 Å². The SMILES string of the molecule is Cc1cc(CNc2nc(CN3CCOCC3)nc3sc(C)c(C)c23)on1. The van der Waals surface area contributed by atoms with E-state index in [0.717, 1.165) is 66.2 Å². The van der Waals surface area contributed by atoms with E-state index in [1.165, 1.54) is 10.4 Å². The van der Waals surface area contributed by atoms with Gasteiger partial charge < -0.3 is 14.6 Å². The highest BCUT2D eigenvalue weighted by Gasteiger charge is 2.18. The molecule has 138 valence electrons. The minimum atomic E-state index is 0.554. The molecular weight excluding hydrogens is 350 g/mol.